The van der Waals surface area contributed by atoms with E-state index in [1.54, 1.807) is 11.8 Å². The van der Waals surface area contributed by atoms with Crippen molar-refractivity contribution in [3.8, 4) is 0 Å². The third kappa shape index (κ3) is 1.79. The van der Waals surface area contributed by atoms with Gasteiger partial charge in [-0.1, -0.05) is 25.1 Å². The van der Waals surface area contributed by atoms with Crippen LogP contribution >= 0.6 is 11.8 Å². The summed E-state index contributed by atoms with van der Waals surface area (Å²) in [4.78, 5) is 16.5. The van der Waals surface area contributed by atoms with Crippen LogP contribution in [0.5, 0.6) is 0 Å². The molecular formula is C16H24N2OS. The lowest BCUT2D eigenvalue weighted by atomic mass is 9.80. The minimum atomic E-state index is -0.316. The van der Waals surface area contributed by atoms with Gasteiger partial charge in [-0.15, -0.1) is 0 Å². The van der Waals surface area contributed by atoms with Crippen molar-refractivity contribution in [2.45, 2.75) is 69.1 Å². The molecular weight excluding hydrogens is 268 g/mol. The molecule has 4 fully saturated rings. The molecule has 0 spiro atoms. The highest BCUT2D eigenvalue weighted by atomic mass is 32.2. The summed E-state index contributed by atoms with van der Waals surface area (Å²) in [6.07, 6.45) is 8.84. The lowest BCUT2D eigenvalue weighted by molar-refractivity contribution is -0.119. The number of hydrogen-bond acceptors (Lipinski definition) is 3. The first kappa shape index (κ1) is 13.2. The number of nitrogens with zero attached hydrogens (tertiary/aromatic N) is 1. The van der Waals surface area contributed by atoms with Crippen LogP contribution in [-0.4, -0.2) is 21.4 Å². The molecule has 3 atom stereocenters. The topological polar surface area (TPSA) is 41.5 Å². The van der Waals surface area contributed by atoms with E-state index < -0.39 is 0 Å². The SMILES string of the molecule is CCCC1(C)SC(NC23CC4CC(CC2C4)C3)=NC1=O. The van der Waals surface area contributed by atoms with Crippen molar-refractivity contribution < 1.29 is 4.79 Å². The highest BCUT2D eigenvalue weighted by Gasteiger charge is 2.58. The normalized spacial score (nSPS) is 49.0. The molecule has 5 rings (SSSR count). The Morgan fingerprint density at radius 2 is 2.00 bits per heavy atom. The van der Waals surface area contributed by atoms with Crippen molar-refractivity contribution in [2.75, 3.05) is 0 Å². The first-order valence-corrected chi connectivity index (χ1v) is 8.95. The first-order valence-electron chi connectivity index (χ1n) is 8.13. The summed E-state index contributed by atoms with van der Waals surface area (Å²) in [7, 11) is 0. The van der Waals surface area contributed by atoms with E-state index in [0.717, 1.165) is 35.8 Å². The molecule has 1 heterocycles. The van der Waals surface area contributed by atoms with Gasteiger partial charge in [-0.3, -0.25) is 4.79 Å². The van der Waals surface area contributed by atoms with E-state index in [9.17, 15) is 4.79 Å². The Balaban J connectivity index is 1.51. The van der Waals surface area contributed by atoms with E-state index >= 15 is 0 Å². The fraction of sp³-hybridized carbons (Fsp3) is 0.875. The number of carbonyl (C=O) groups is 1. The Labute approximate surface area is 125 Å². The molecule has 0 radical (unpaired) electrons. The Morgan fingerprint density at radius 3 is 2.65 bits per heavy atom. The molecule has 20 heavy (non-hydrogen) atoms. The fourth-order valence-electron chi connectivity index (χ4n) is 5.39. The van der Waals surface area contributed by atoms with E-state index in [0.29, 0.717) is 0 Å². The average Bonchev–Trinajstić information content (AvgIpc) is 2.85. The molecule has 5 aliphatic rings. The van der Waals surface area contributed by atoms with Gasteiger partial charge < -0.3 is 5.32 Å². The zero-order chi connectivity index (χ0) is 14.0. The van der Waals surface area contributed by atoms with Crippen LogP contribution in [0.3, 0.4) is 0 Å². The maximum atomic E-state index is 12.2. The summed E-state index contributed by atoms with van der Waals surface area (Å²) in [6.45, 7) is 4.19. The van der Waals surface area contributed by atoms with Crippen molar-refractivity contribution in [2.24, 2.45) is 22.7 Å². The van der Waals surface area contributed by atoms with Crippen LogP contribution < -0.4 is 5.32 Å². The van der Waals surface area contributed by atoms with Crippen LogP contribution in [0.4, 0.5) is 0 Å². The Kier molecular flexibility index (Phi) is 2.80. The minimum absolute atomic E-state index is 0.0703. The van der Waals surface area contributed by atoms with Crippen LogP contribution in [0.15, 0.2) is 4.99 Å². The summed E-state index contributed by atoms with van der Waals surface area (Å²) < 4.78 is -0.316. The average molecular weight is 292 g/mol. The van der Waals surface area contributed by atoms with Gasteiger partial charge in [0, 0.05) is 5.54 Å². The lowest BCUT2D eigenvalue weighted by Gasteiger charge is -2.34. The summed E-state index contributed by atoms with van der Waals surface area (Å²) in [5.41, 5.74) is 0.289. The van der Waals surface area contributed by atoms with Gasteiger partial charge in [-0.05, 0) is 63.2 Å². The maximum absolute atomic E-state index is 12.2. The summed E-state index contributed by atoms with van der Waals surface area (Å²) in [6, 6.07) is 0. The van der Waals surface area contributed by atoms with Gasteiger partial charge in [0.05, 0.1) is 0 Å². The van der Waals surface area contributed by atoms with Crippen LogP contribution in [0.25, 0.3) is 0 Å². The Bertz CT molecular complexity index is 475. The van der Waals surface area contributed by atoms with Crippen molar-refractivity contribution >= 4 is 22.8 Å². The molecule has 0 saturated heterocycles. The van der Waals surface area contributed by atoms with E-state index in [1.165, 1.54) is 32.1 Å². The van der Waals surface area contributed by atoms with E-state index in [4.69, 9.17) is 0 Å². The third-order valence-electron chi connectivity index (χ3n) is 6.05. The molecule has 110 valence electrons. The van der Waals surface area contributed by atoms with Crippen LogP contribution in [0.2, 0.25) is 0 Å². The quantitative estimate of drug-likeness (QED) is 0.867. The predicted molar refractivity (Wildman–Crippen MR) is 82.8 cm³/mol. The molecule has 1 aliphatic heterocycles. The van der Waals surface area contributed by atoms with Crippen LogP contribution in [0, 0.1) is 17.8 Å². The third-order valence-corrected chi connectivity index (χ3v) is 7.27. The molecule has 3 nitrogen and oxygen atoms in total. The molecule has 0 aromatic rings. The predicted octanol–water partition coefficient (Wildman–Crippen LogP) is 3.34. The summed E-state index contributed by atoms with van der Waals surface area (Å²) in [5, 5.41) is 4.67. The van der Waals surface area contributed by atoms with E-state index in [1.807, 2.05) is 0 Å². The summed E-state index contributed by atoms with van der Waals surface area (Å²) >= 11 is 1.68. The molecule has 0 aromatic heterocycles. The largest absolute Gasteiger partial charge is 0.359 e. The summed E-state index contributed by atoms with van der Waals surface area (Å²) in [5.74, 6) is 2.78. The van der Waals surface area contributed by atoms with Gasteiger partial charge in [0.15, 0.2) is 5.17 Å². The number of carbonyl (C=O) groups excluding carboxylic acids is 1. The number of rotatable bonds is 3. The van der Waals surface area contributed by atoms with Gasteiger partial charge in [0.1, 0.15) is 4.75 Å². The van der Waals surface area contributed by atoms with Gasteiger partial charge >= 0.3 is 0 Å². The number of aliphatic imine (C=N–C) groups is 1. The van der Waals surface area contributed by atoms with Gasteiger partial charge in [0.2, 0.25) is 0 Å². The first-order chi connectivity index (χ1) is 9.53. The Morgan fingerprint density at radius 1 is 1.30 bits per heavy atom. The van der Waals surface area contributed by atoms with Crippen LogP contribution in [-0.2, 0) is 4.79 Å². The number of amidine groups is 1. The minimum Gasteiger partial charge on any atom is -0.359 e. The van der Waals surface area contributed by atoms with E-state index in [2.05, 4.69) is 24.2 Å². The number of nitrogens with one attached hydrogen (secondary N) is 1. The van der Waals surface area contributed by atoms with Gasteiger partial charge in [-0.2, -0.15) is 4.99 Å². The molecule has 1 amide bonds. The van der Waals surface area contributed by atoms with Crippen LogP contribution in [0.1, 0.15) is 58.8 Å². The van der Waals surface area contributed by atoms with Crippen molar-refractivity contribution in [3.05, 3.63) is 0 Å². The van der Waals surface area contributed by atoms with Crippen molar-refractivity contribution in [1.29, 1.82) is 0 Å². The lowest BCUT2D eigenvalue weighted by Crippen LogP contribution is -2.48. The van der Waals surface area contributed by atoms with Crippen molar-refractivity contribution in [3.63, 3.8) is 0 Å². The number of thioether (sulfide) groups is 1. The number of amides is 1. The fourth-order valence-corrected chi connectivity index (χ4v) is 6.64. The van der Waals surface area contributed by atoms with Gasteiger partial charge in [0.25, 0.3) is 5.91 Å². The zero-order valence-electron chi connectivity index (χ0n) is 12.4. The van der Waals surface area contributed by atoms with Gasteiger partial charge in [-0.25, -0.2) is 0 Å². The highest BCUT2D eigenvalue weighted by Crippen LogP contribution is 2.60. The molecule has 0 aromatic carbocycles. The van der Waals surface area contributed by atoms with E-state index in [-0.39, 0.29) is 16.2 Å². The second-order valence-corrected chi connectivity index (χ2v) is 9.12. The molecule has 4 heteroatoms. The second-order valence-electron chi connectivity index (χ2n) is 7.63. The standard InChI is InChI=1S/C16H24N2OS/c1-3-4-15(2)13(19)17-14(20-15)18-16-8-10-5-11(9-16)7-12(16)6-10/h10-12H,3-9H2,1-2H3,(H,17,18,19). The van der Waals surface area contributed by atoms with Crippen molar-refractivity contribution in [1.82, 2.24) is 5.32 Å². The molecule has 1 N–H and O–H groups in total. The second kappa shape index (κ2) is 4.25. The molecule has 4 aliphatic carbocycles. The molecule has 4 bridgehead atoms. The molecule has 4 saturated carbocycles. The zero-order valence-corrected chi connectivity index (χ0v) is 13.3. The molecule has 3 unspecified atom stereocenters. The smallest absolute Gasteiger partial charge is 0.264 e. The monoisotopic (exact) mass is 292 g/mol. The number of hydrogen-bond donors (Lipinski definition) is 1. The maximum Gasteiger partial charge on any atom is 0.264 e. The highest BCUT2D eigenvalue weighted by molar-refractivity contribution is 8.16. The Hall–Kier alpha value is -0.510.